The number of benzene rings is 1. The first kappa shape index (κ1) is 15.6. The van der Waals surface area contributed by atoms with Crippen LogP contribution in [0.1, 0.15) is 41.6 Å². The number of rotatable bonds is 6. The molecule has 1 aromatic carbocycles. The number of aryl methyl sites for hydroxylation is 2. The Bertz CT molecular complexity index is 596. The van der Waals surface area contributed by atoms with Crippen LogP contribution in [-0.2, 0) is 6.42 Å². The number of nitrogens with zero attached hydrogens (tertiary/aromatic N) is 1. The Hall–Kier alpha value is -1.74. The van der Waals surface area contributed by atoms with E-state index in [4.69, 9.17) is 0 Å². The Morgan fingerprint density at radius 1 is 1.24 bits per heavy atom. The normalized spacial score (nSPS) is 12.4. The van der Waals surface area contributed by atoms with Gasteiger partial charge in [0.05, 0.1) is 6.20 Å². The second-order valence-corrected chi connectivity index (χ2v) is 5.54. The first-order valence-corrected chi connectivity index (χ1v) is 7.50. The molecule has 0 saturated carbocycles. The fourth-order valence-corrected chi connectivity index (χ4v) is 2.52. The molecule has 1 aromatic heterocycles. The lowest BCUT2D eigenvalue weighted by Crippen LogP contribution is -2.25. The third kappa shape index (κ3) is 4.11. The SMILES string of the molecule is CCCNC(Cc1cc(C)ccc1C)c1ccncc1F. The molecule has 1 unspecified atom stereocenters. The van der Waals surface area contributed by atoms with E-state index in [0.29, 0.717) is 5.56 Å². The van der Waals surface area contributed by atoms with Crippen molar-refractivity contribution in [1.82, 2.24) is 10.3 Å². The van der Waals surface area contributed by atoms with Gasteiger partial charge in [0.25, 0.3) is 0 Å². The second-order valence-electron chi connectivity index (χ2n) is 5.54. The summed E-state index contributed by atoms with van der Waals surface area (Å²) < 4.78 is 14.0. The van der Waals surface area contributed by atoms with Crippen LogP contribution in [0.5, 0.6) is 0 Å². The number of hydrogen-bond donors (Lipinski definition) is 1. The van der Waals surface area contributed by atoms with Crippen molar-refractivity contribution in [1.29, 1.82) is 0 Å². The summed E-state index contributed by atoms with van der Waals surface area (Å²) in [4.78, 5) is 3.84. The van der Waals surface area contributed by atoms with Gasteiger partial charge in [0, 0.05) is 17.8 Å². The number of hydrogen-bond acceptors (Lipinski definition) is 2. The first-order chi connectivity index (χ1) is 10.1. The summed E-state index contributed by atoms with van der Waals surface area (Å²) in [5.74, 6) is -0.239. The Balaban J connectivity index is 2.28. The molecule has 21 heavy (non-hydrogen) atoms. The quantitative estimate of drug-likeness (QED) is 0.864. The summed E-state index contributed by atoms with van der Waals surface area (Å²) in [6, 6.07) is 8.18. The number of aromatic nitrogens is 1. The van der Waals surface area contributed by atoms with E-state index >= 15 is 0 Å². The fourth-order valence-electron chi connectivity index (χ4n) is 2.52. The molecule has 1 N–H and O–H groups in total. The maximum atomic E-state index is 14.0. The molecule has 0 aliphatic heterocycles. The highest BCUT2D eigenvalue weighted by atomic mass is 19.1. The van der Waals surface area contributed by atoms with Gasteiger partial charge in [0.2, 0.25) is 0 Å². The predicted molar refractivity (Wildman–Crippen MR) is 84.8 cm³/mol. The van der Waals surface area contributed by atoms with Crippen molar-refractivity contribution < 1.29 is 4.39 Å². The predicted octanol–water partition coefficient (Wildman–Crippen LogP) is 4.12. The molecular formula is C18H23FN2. The van der Waals surface area contributed by atoms with E-state index in [1.807, 2.05) is 0 Å². The first-order valence-electron chi connectivity index (χ1n) is 7.50. The Kier molecular flexibility index (Phi) is 5.45. The third-order valence-electron chi connectivity index (χ3n) is 3.75. The van der Waals surface area contributed by atoms with E-state index in [9.17, 15) is 4.39 Å². The highest BCUT2D eigenvalue weighted by Gasteiger charge is 2.16. The van der Waals surface area contributed by atoms with E-state index in [0.717, 1.165) is 19.4 Å². The van der Waals surface area contributed by atoms with E-state index < -0.39 is 0 Å². The number of pyridine rings is 1. The molecule has 0 aliphatic rings. The Labute approximate surface area is 126 Å². The zero-order valence-corrected chi connectivity index (χ0v) is 13.0. The minimum Gasteiger partial charge on any atom is -0.310 e. The Morgan fingerprint density at radius 3 is 2.76 bits per heavy atom. The summed E-state index contributed by atoms with van der Waals surface area (Å²) in [5.41, 5.74) is 4.44. The van der Waals surface area contributed by atoms with Crippen LogP contribution in [0.3, 0.4) is 0 Å². The van der Waals surface area contributed by atoms with Gasteiger partial charge in [0.1, 0.15) is 5.82 Å². The lowest BCUT2D eigenvalue weighted by Gasteiger charge is -2.21. The molecule has 0 spiro atoms. The highest BCUT2D eigenvalue weighted by molar-refractivity contribution is 5.32. The van der Waals surface area contributed by atoms with Crippen molar-refractivity contribution in [2.45, 2.75) is 39.7 Å². The molecule has 2 rings (SSSR count). The summed E-state index contributed by atoms with van der Waals surface area (Å²) in [5, 5.41) is 3.45. The van der Waals surface area contributed by atoms with Gasteiger partial charge in [-0.3, -0.25) is 4.98 Å². The van der Waals surface area contributed by atoms with Crippen molar-refractivity contribution in [3.05, 3.63) is 64.7 Å². The molecule has 1 atom stereocenters. The van der Waals surface area contributed by atoms with Crippen LogP contribution in [0, 0.1) is 19.7 Å². The standard InChI is InChI=1S/C18H23FN2/c1-4-8-21-18(16-7-9-20-12-17(16)19)11-15-10-13(2)5-6-14(15)3/h5-7,9-10,12,18,21H,4,8,11H2,1-3H3. The van der Waals surface area contributed by atoms with Crippen molar-refractivity contribution in [2.75, 3.05) is 6.54 Å². The zero-order chi connectivity index (χ0) is 15.2. The molecule has 1 heterocycles. The molecular weight excluding hydrogens is 263 g/mol. The molecule has 0 saturated heterocycles. The molecule has 0 aliphatic carbocycles. The molecule has 0 amide bonds. The monoisotopic (exact) mass is 286 g/mol. The Morgan fingerprint density at radius 2 is 2.05 bits per heavy atom. The summed E-state index contributed by atoms with van der Waals surface area (Å²) in [6.07, 6.45) is 4.76. The summed E-state index contributed by atoms with van der Waals surface area (Å²) in [6.45, 7) is 7.18. The summed E-state index contributed by atoms with van der Waals surface area (Å²) >= 11 is 0. The van der Waals surface area contributed by atoms with Crippen LogP contribution in [0.4, 0.5) is 4.39 Å². The van der Waals surface area contributed by atoms with Gasteiger partial charge in [-0.15, -0.1) is 0 Å². The molecule has 0 fully saturated rings. The lowest BCUT2D eigenvalue weighted by molar-refractivity contribution is 0.494. The third-order valence-corrected chi connectivity index (χ3v) is 3.75. The molecule has 3 heteroatoms. The average Bonchev–Trinajstić information content (AvgIpc) is 2.48. The molecule has 0 bridgehead atoms. The molecule has 2 aromatic rings. The number of halogens is 1. The summed E-state index contributed by atoms with van der Waals surface area (Å²) in [7, 11) is 0. The fraction of sp³-hybridized carbons (Fsp3) is 0.389. The average molecular weight is 286 g/mol. The van der Waals surface area contributed by atoms with Crippen LogP contribution in [0.15, 0.2) is 36.7 Å². The topological polar surface area (TPSA) is 24.9 Å². The minimum absolute atomic E-state index is 0.0200. The van der Waals surface area contributed by atoms with Crippen molar-refractivity contribution in [3.8, 4) is 0 Å². The van der Waals surface area contributed by atoms with Gasteiger partial charge in [-0.2, -0.15) is 0 Å². The van der Waals surface area contributed by atoms with E-state index in [2.05, 4.69) is 49.3 Å². The minimum atomic E-state index is -0.239. The highest BCUT2D eigenvalue weighted by Crippen LogP contribution is 2.23. The van der Waals surface area contributed by atoms with Crippen LogP contribution >= 0.6 is 0 Å². The van der Waals surface area contributed by atoms with Gasteiger partial charge in [-0.1, -0.05) is 30.7 Å². The van der Waals surface area contributed by atoms with Gasteiger partial charge < -0.3 is 5.32 Å². The lowest BCUT2D eigenvalue weighted by atomic mass is 9.95. The smallest absolute Gasteiger partial charge is 0.146 e. The molecule has 2 nitrogen and oxygen atoms in total. The molecule has 112 valence electrons. The van der Waals surface area contributed by atoms with Crippen LogP contribution in [-0.4, -0.2) is 11.5 Å². The van der Waals surface area contributed by atoms with Gasteiger partial charge in [-0.25, -0.2) is 4.39 Å². The van der Waals surface area contributed by atoms with Gasteiger partial charge >= 0.3 is 0 Å². The van der Waals surface area contributed by atoms with Crippen LogP contribution < -0.4 is 5.32 Å². The maximum Gasteiger partial charge on any atom is 0.146 e. The zero-order valence-electron chi connectivity index (χ0n) is 13.0. The van der Waals surface area contributed by atoms with Crippen molar-refractivity contribution >= 4 is 0 Å². The maximum absolute atomic E-state index is 14.0. The van der Waals surface area contributed by atoms with E-state index in [1.165, 1.54) is 22.9 Å². The van der Waals surface area contributed by atoms with Crippen LogP contribution in [0.25, 0.3) is 0 Å². The van der Waals surface area contributed by atoms with E-state index in [1.54, 1.807) is 12.3 Å². The van der Waals surface area contributed by atoms with Gasteiger partial charge in [-0.05, 0) is 50.4 Å². The second kappa shape index (κ2) is 7.32. The largest absolute Gasteiger partial charge is 0.310 e. The molecule has 0 radical (unpaired) electrons. The van der Waals surface area contributed by atoms with E-state index in [-0.39, 0.29) is 11.9 Å². The van der Waals surface area contributed by atoms with Crippen LogP contribution in [0.2, 0.25) is 0 Å². The number of nitrogens with one attached hydrogen (secondary N) is 1. The van der Waals surface area contributed by atoms with Gasteiger partial charge in [0.15, 0.2) is 0 Å². The van der Waals surface area contributed by atoms with Crippen molar-refractivity contribution in [3.63, 3.8) is 0 Å². The van der Waals surface area contributed by atoms with Crippen molar-refractivity contribution in [2.24, 2.45) is 0 Å².